The molecule has 1 aromatic rings. The van der Waals surface area contributed by atoms with Crippen molar-refractivity contribution in [2.24, 2.45) is 0 Å². The SMILES string of the molecule is CN1C(=O)Cc2cc(C(Cl)C(F)(F)C(F)F)ccc21. The van der Waals surface area contributed by atoms with Gasteiger partial charge in [-0.1, -0.05) is 12.1 Å². The van der Waals surface area contributed by atoms with E-state index in [0.717, 1.165) is 0 Å². The highest BCUT2D eigenvalue weighted by Gasteiger charge is 2.48. The summed E-state index contributed by atoms with van der Waals surface area (Å²) in [6.07, 6.45) is -3.78. The second-order valence-electron chi connectivity index (χ2n) is 4.36. The molecular weight excluding hydrogens is 286 g/mol. The number of amides is 1. The summed E-state index contributed by atoms with van der Waals surface area (Å²) in [5.41, 5.74) is 0.979. The highest BCUT2D eigenvalue weighted by atomic mass is 35.5. The first-order valence-electron chi connectivity index (χ1n) is 5.44. The average molecular weight is 296 g/mol. The fraction of sp³-hybridized carbons (Fsp3) is 0.417. The summed E-state index contributed by atoms with van der Waals surface area (Å²) in [6, 6.07) is 3.96. The molecule has 19 heavy (non-hydrogen) atoms. The summed E-state index contributed by atoms with van der Waals surface area (Å²) in [5, 5.41) is -2.13. The minimum atomic E-state index is -4.32. The van der Waals surface area contributed by atoms with Crippen molar-refractivity contribution in [3.8, 4) is 0 Å². The van der Waals surface area contributed by atoms with Crippen LogP contribution >= 0.6 is 11.6 Å². The molecule has 1 aliphatic rings. The van der Waals surface area contributed by atoms with Crippen LogP contribution in [0.2, 0.25) is 0 Å². The lowest BCUT2D eigenvalue weighted by molar-refractivity contribution is -0.130. The van der Waals surface area contributed by atoms with Crippen molar-refractivity contribution in [1.29, 1.82) is 0 Å². The van der Waals surface area contributed by atoms with Crippen LogP contribution in [0.1, 0.15) is 16.5 Å². The number of alkyl halides is 5. The first-order valence-corrected chi connectivity index (χ1v) is 5.88. The second-order valence-corrected chi connectivity index (χ2v) is 4.79. The minimum Gasteiger partial charge on any atom is -0.315 e. The van der Waals surface area contributed by atoms with Crippen LogP contribution in [-0.4, -0.2) is 25.3 Å². The lowest BCUT2D eigenvalue weighted by atomic mass is 10.0. The monoisotopic (exact) mass is 295 g/mol. The van der Waals surface area contributed by atoms with E-state index in [0.29, 0.717) is 11.3 Å². The summed E-state index contributed by atoms with van der Waals surface area (Å²) in [6.45, 7) is 0. The maximum atomic E-state index is 13.2. The Hall–Kier alpha value is -1.30. The normalized spacial score (nSPS) is 17.0. The number of likely N-dealkylation sites (N-methyl/N-ethyl adjacent to an activating group) is 1. The zero-order chi connectivity index (χ0) is 14.4. The molecule has 0 N–H and O–H groups in total. The van der Waals surface area contributed by atoms with Gasteiger partial charge >= 0.3 is 12.3 Å². The molecule has 104 valence electrons. The summed E-state index contributed by atoms with van der Waals surface area (Å²) in [5.74, 6) is -4.50. The van der Waals surface area contributed by atoms with Gasteiger partial charge in [-0.15, -0.1) is 11.6 Å². The van der Waals surface area contributed by atoms with Crippen LogP contribution in [0.4, 0.5) is 23.2 Å². The molecule has 0 bridgehead atoms. The standard InChI is InChI=1S/C12H10ClF4NO/c1-18-8-3-2-6(4-7(8)5-9(18)19)10(13)12(16,17)11(14)15/h2-4,10-11H,5H2,1H3. The number of carbonyl (C=O) groups excluding carboxylic acids is 1. The molecule has 1 aromatic carbocycles. The summed E-state index contributed by atoms with van der Waals surface area (Å²) in [4.78, 5) is 12.8. The fourth-order valence-electron chi connectivity index (χ4n) is 1.98. The number of fused-ring (bicyclic) bond motifs is 1. The van der Waals surface area contributed by atoms with Crippen molar-refractivity contribution in [2.45, 2.75) is 24.1 Å². The Kier molecular flexibility index (Phi) is 3.47. The van der Waals surface area contributed by atoms with Crippen molar-refractivity contribution >= 4 is 23.2 Å². The van der Waals surface area contributed by atoms with Gasteiger partial charge in [-0.3, -0.25) is 4.79 Å². The van der Waals surface area contributed by atoms with Crippen molar-refractivity contribution in [3.63, 3.8) is 0 Å². The molecule has 0 saturated heterocycles. The highest BCUT2D eigenvalue weighted by molar-refractivity contribution is 6.21. The molecule has 0 fully saturated rings. The van der Waals surface area contributed by atoms with Gasteiger partial charge in [0.05, 0.1) is 6.42 Å². The molecule has 2 nitrogen and oxygen atoms in total. The van der Waals surface area contributed by atoms with Crippen molar-refractivity contribution in [2.75, 3.05) is 11.9 Å². The number of hydrogen-bond donors (Lipinski definition) is 0. The Balaban J connectivity index is 2.34. The van der Waals surface area contributed by atoms with E-state index in [4.69, 9.17) is 11.6 Å². The van der Waals surface area contributed by atoms with E-state index in [-0.39, 0.29) is 17.9 Å². The molecule has 7 heteroatoms. The molecule has 1 heterocycles. The maximum absolute atomic E-state index is 13.2. The molecule has 0 aliphatic carbocycles. The van der Waals surface area contributed by atoms with Gasteiger partial charge in [0.25, 0.3) is 0 Å². The molecule has 0 radical (unpaired) electrons. The Morgan fingerprint density at radius 1 is 1.37 bits per heavy atom. The highest BCUT2D eigenvalue weighted by Crippen LogP contribution is 2.42. The van der Waals surface area contributed by atoms with Crippen LogP contribution in [0, 0.1) is 0 Å². The summed E-state index contributed by atoms with van der Waals surface area (Å²) in [7, 11) is 1.56. The molecule has 0 spiro atoms. The molecule has 0 saturated carbocycles. The van der Waals surface area contributed by atoms with E-state index in [1.54, 1.807) is 7.05 Å². The Labute approximate surface area is 112 Å². The van der Waals surface area contributed by atoms with E-state index in [2.05, 4.69) is 0 Å². The number of anilines is 1. The number of benzene rings is 1. The van der Waals surface area contributed by atoms with Gasteiger partial charge in [0, 0.05) is 12.7 Å². The molecule has 1 unspecified atom stereocenters. The fourth-order valence-corrected chi connectivity index (χ4v) is 2.21. The maximum Gasteiger partial charge on any atom is 0.327 e. The first-order chi connectivity index (χ1) is 8.75. The number of carbonyl (C=O) groups is 1. The predicted molar refractivity (Wildman–Crippen MR) is 63.1 cm³/mol. The zero-order valence-corrected chi connectivity index (χ0v) is 10.6. The van der Waals surface area contributed by atoms with Crippen LogP contribution in [0.5, 0.6) is 0 Å². The number of rotatable bonds is 3. The third-order valence-electron chi connectivity index (χ3n) is 3.10. The van der Waals surface area contributed by atoms with Crippen molar-refractivity contribution in [3.05, 3.63) is 29.3 Å². The molecule has 1 amide bonds. The third-order valence-corrected chi connectivity index (χ3v) is 3.65. The Morgan fingerprint density at radius 3 is 2.58 bits per heavy atom. The smallest absolute Gasteiger partial charge is 0.315 e. The van der Waals surface area contributed by atoms with E-state index < -0.39 is 17.7 Å². The largest absolute Gasteiger partial charge is 0.327 e. The van der Waals surface area contributed by atoms with Crippen molar-refractivity contribution < 1.29 is 22.4 Å². The number of nitrogens with zero attached hydrogens (tertiary/aromatic N) is 1. The van der Waals surface area contributed by atoms with Gasteiger partial charge in [0.15, 0.2) is 0 Å². The van der Waals surface area contributed by atoms with Crippen molar-refractivity contribution in [1.82, 2.24) is 0 Å². The van der Waals surface area contributed by atoms with Gasteiger partial charge in [-0.05, 0) is 17.2 Å². The predicted octanol–water partition coefficient (Wildman–Crippen LogP) is 3.39. The lowest BCUT2D eigenvalue weighted by Crippen LogP contribution is -2.31. The van der Waals surface area contributed by atoms with E-state index in [9.17, 15) is 22.4 Å². The number of halogens is 5. The number of hydrogen-bond acceptors (Lipinski definition) is 1. The first kappa shape index (κ1) is 14.1. The van der Waals surface area contributed by atoms with Crippen LogP contribution in [-0.2, 0) is 11.2 Å². The van der Waals surface area contributed by atoms with Crippen LogP contribution in [0.3, 0.4) is 0 Å². The third kappa shape index (κ3) is 2.29. The Bertz CT molecular complexity index is 520. The Morgan fingerprint density at radius 2 is 2.00 bits per heavy atom. The lowest BCUT2D eigenvalue weighted by Gasteiger charge is -2.22. The molecule has 1 aliphatic heterocycles. The zero-order valence-electron chi connectivity index (χ0n) is 9.84. The van der Waals surface area contributed by atoms with Gasteiger partial charge in [0.1, 0.15) is 5.38 Å². The quantitative estimate of drug-likeness (QED) is 0.618. The van der Waals surface area contributed by atoms with E-state index in [1.165, 1.54) is 23.1 Å². The van der Waals surface area contributed by atoms with Gasteiger partial charge in [0.2, 0.25) is 5.91 Å². The second kappa shape index (κ2) is 4.67. The summed E-state index contributed by atoms with van der Waals surface area (Å²) < 4.78 is 50.8. The minimum absolute atomic E-state index is 0.0591. The van der Waals surface area contributed by atoms with Crippen LogP contribution in [0.25, 0.3) is 0 Å². The van der Waals surface area contributed by atoms with E-state index in [1.807, 2.05) is 0 Å². The van der Waals surface area contributed by atoms with Gasteiger partial charge < -0.3 is 4.90 Å². The van der Waals surface area contributed by atoms with E-state index >= 15 is 0 Å². The average Bonchev–Trinajstić information content (AvgIpc) is 2.63. The molecule has 1 atom stereocenters. The molecule has 0 aromatic heterocycles. The molecule has 2 rings (SSSR count). The van der Waals surface area contributed by atoms with Crippen LogP contribution in [0.15, 0.2) is 18.2 Å². The summed E-state index contributed by atoms with van der Waals surface area (Å²) >= 11 is 5.44. The van der Waals surface area contributed by atoms with Crippen LogP contribution < -0.4 is 4.90 Å². The van der Waals surface area contributed by atoms with Gasteiger partial charge in [-0.2, -0.15) is 8.78 Å². The topological polar surface area (TPSA) is 20.3 Å². The molecular formula is C12H10ClF4NO. The van der Waals surface area contributed by atoms with Gasteiger partial charge in [-0.25, -0.2) is 8.78 Å².